The van der Waals surface area contributed by atoms with Gasteiger partial charge in [0.25, 0.3) is 0 Å². The highest BCUT2D eigenvalue weighted by Gasteiger charge is 2.02. The highest BCUT2D eigenvalue weighted by molar-refractivity contribution is 7.17. The molecule has 0 aliphatic carbocycles. The van der Waals surface area contributed by atoms with Gasteiger partial charge >= 0.3 is 6.08 Å². The van der Waals surface area contributed by atoms with Crippen LogP contribution in [0.25, 0.3) is 10.2 Å². The van der Waals surface area contributed by atoms with Crippen LogP contribution in [0.3, 0.4) is 0 Å². The van der Waals surface area contributed by atoms with Crippen molar-refractivity contribution in [3.05, 3.63) is 23.2 Å². The van der Waals surface area contributed by atoms with Gasteiger partial charge in [0.1, 0.15) is 0 Å². The van der Waals surface area contributed by atoms with E-state index in [-0.39, 0.29) is 0 Å². The lowest BCUT2D eigenvalue weighted by atomic mass is 10.3. The van der Waals surface area contributed by atoms with E-state index in [0.29, 0.717) is 0 Å². The molecule has 2 rings (SSSR count). The second-order valence-electron chi connectivity index (χ2n) is 2.27. The Morgan fingerprint density at radius 2 is 2.08 bits per heavy atom. The highest BCUT2D eigenvalue weighted by Crippen LogP contribution is 2.21. The van der Waals surface area contributed by atoms with E-state index in [4.69, 9.17) is 0 Å². The molecule has 0 aliphatic heterocycles. The van der Waals surface area contributed by atoms with Crippen LogP contribution in [0.2, 0.25) is 0 Å². The zero-order chi connectivity index (χ0) is 9.84. The molecule has 2 aromatic rings. The number of halogens is 1. The number of hydrogen-bond acceptors (Lipinski definition) is 3. The van der Waals surface area contributed by atoms with Crippen molar-refractivity contribution in [2.45, 2.75) is 20.8 Å². The van der Waals surface area contributed by atoms with E-state index in [1.807, 2.05) is 26.2 Å². The van der Waals surface area contributed by atoms with Crippen molar-refractivity contribution in [2.75, 3.05) is 0 Å². The molecule has 70 valence electrons. The van der Waals surface area contributed by atoms with E-state index in [0.717, 1.165) is 15.8 Å². The van der Waals surface area contributed by atoms with Crippen molar-refractivity contribution in [1.82, 2.24) is 9.97 Å². The Morgan fingerprint density at radius 3 is 2.77 bits per heavy atom. The molecule has 2 nitrogen and oxygen atoms in total. The van der Waals surface area contributed by atoms with Crippen LogP contribution in [0.15, 0.2) is 11.6 Å². The summed E-state index contributed by atoms with van der Waals surface area (Å²) in [4.78, 5) is 7.12. The Morgan fingerprint density at radius 1 is 1.38 bits per heavy atom. The first-order valence-corrected chi connectivity index (χ1v) is 5.01. The van der Waals surface area contributed by atoms with E-state index >= 15 is 0 Å². The molecule has 0 fully saturated rings. The fourth-order valence-electron chi connectivity index (χ4n) is 0.926. The number of fused-ring (bicyclic) bond motifs is 1. The van der Waals surface area contributed by atoms with Crippen LogP contribution < -0.4 is 0 Å². The van der Waals surface area contributed by atoms with E-state index in [9.17, 15) is 4.39 Å². The van der Waals surface area contributed by atoms with Gasteiger partial charge in [0, 0.05) is 0 Å². The molecule has 0 amide bonds. The first-order chi connectivity index (χ1) is 6.27. The van der Waals surface area contributed by atoms with Crippen LogP contribution in [0.1, 0.15) is 19.4 Å². The smallest absolute Gasteiger partial charge is 0.209 e. The molecule has 0 bridgehead atoms. The topological polar surface area (TPSA) is 25.8 Å². The molecule has 0 unspecified atom stereocenters. The first-order valence-electron chi connectivity index (χ1n) is 4.14. The normalized spacial score (nSPS) is 9.54. The largest absolute Gasteiger partial charge is 0.309 e. The highest BCUT2D eigenvalue weighted by atomic mass is 32.1. The minimum atomic E-state index is -0.654. The van der Waals surface area contributed by atoms with Crippen LogP contribution in [-0.2, 0) is 0 Å². The predicted molar refractivity (Wildman–Crippen MR) is 53.5 cm³/mol. The van der Waals surface area contributed by atoms with Crippen LogP contribution >= 0.6 is 11.3 Å². The molecule has 0 saturated carbocycles. The Balaban J connectivity index is 0.000000396. The SMILES string of the molecule is CC.Cc1csc2cnc(F)nc12. The molecule has 0 saturated heterocycles. The Hall–Kier alpha value is -1.03. The van der Waals surface area contributed by atoms with Crippen molar-refractivity contribution < 1.29 is 4.39 Å². The number of rotatable bonds is 0. The molecular formula is C9H11FN2S. The minimum Gasteiger partial charge on any atom is -0.209 e. The third kappa shape index (κ3) is 2.01. The molecule has 0 atom stereocenters. The summed E-state index contributed by atoms with van der Waals surface area (Å²) >= 11 is 1.53. The Kier molecular flexibility index (Phi) is 3.31. The lowest BCUT2D eigenvalue weighted by Gasteiger charge is -1.88. The summed E-state index contributed by atoms with van der Waals surface area (Å²) in [6.45, 7) is 5.91. The van der Waals surface area contributed by atoms with Crippen LogP contribution in [0.5, 0.6) is 0 Å². The zero-order valence-corrected chi connectivity index (χ0v) is 8.65. The number of hydrogen-bond donors (Lipinski definition) is 0. The lowest BCUT2D eigenvalue weighted by molar-refractivity contribution is 0.544. The third-order valence-electron chi connectivity index (χ3n) is 1.46. The van der Waals surface area contributed by atoms with Gasteiger partial charge in [0.15, 0.2) is 0 Å². The average molecular weight is 198 g/mol. The maximum atomic E-state index is 12.5. The van der Waals surface area contributed by atoms with Crippen LogP contribution in [0.4, 0.5) is 4.39 Å². The Labute approximate surface area is 80.5 Å². The average Bonchev–Trinajstić information content (AvgIpc) is 2.52. The van der Waals surface area contributed by atoms with Crippen molar-refractivity contribution in [1.29, 1.82) is 0 Å². The predicted octanol–water partition coefficient (Wildman–Crippen LogP) is 3.17. The fourth-order valence-corrected chi connectivity index (χ4v) is 1.77. The molecule has 0 spiro atoms. The number of aromatic nitrogens is 2. The fraction of sp³-hybridized carbons (Fsp3) is 0.333. The van der Waals surface area contributed by atoms with E-state index in [1.54, 1.807) is 0 Å². The lowest BCUT2D eigenvalue weighted by Crippen LogP contribution is -1.86. The number of nitrogens with zero attached hydrogens (tertiary/aromatic N) is 2. The van der Waals surface area contributed by atoms with Gasteiger partial charge in [-0.3, -0.25) is 0 Å². The molecule has 2 aromatic heterocycles. The van der Waals surface area contributed by atoms with Crippen molar-refractivity contribution >= 4 is 21.6 Å². The summed E-state index contributed by atoms with van der Waals surface area (Å²) in [5.41, 5.74) is 1.73. The van der Waals surface area contributed by atoms with Gasteiger partial charge in [-0.05, 0) is 17.9 Å². The molecular weight excluding hydrogens is 187 g/mol. The maximum absolute atomic E-state index is 12.5. The van der Waals surface area contributed by atoms with E-state index in [1.165, 1.54) is 17.5 Å². The number of thiophene rings is 1. The van der Waals surface area contributed by atoms with Crippen molar-refractivity contribution in [2.24, 2.45) is 0 Å². The van der Waals surface area contributed by atoms with Crippen LogP contribution in [-0.4, -0.2) is 9.97 Å². The summed E-state index contributed by atoms with van der Waals surface area (Å²) in [6, 6.07) is 0. The number of aryl methyl sites for hydroxylation is 1. The quantitative estimate of drug-likeness (QED) is 0.608. The second kappa shape index (κ2) is 4.28. The molecule has 2 heterocycles. The first kappa shape index (κ1) is 10.1. The molecule has 0 N–H and O–H groups in total. The zero-order valence-electron chi connectivity index (χ0n) is 7.84. The monoisotopic (exact) mass is 198 g/mol. The third-order valence-corrected chi connectivity index (χ3v) is 2.49. The van der Waals surface area contributed by atoms with Gasteiger partial charge in [-0.2, -0.15) is 4.39 Å². The molecule has 4 heteroatoms. The molecule has 0 aromatic carbocycles. The van der Waals surface area contributed by atoms with Gasteiger partial charge in [0.2, 0.25) is 0 Å². The van der Waals surface area contributed by atoms with Gasteiger partial charge < -0.3 is 0 Å². The van der Waals surface area contributed by atoms with Gasteiger partial charge in [-0.15, -0.1) is 11.3 Å². The summed E-state index contributed by atoms with van der Waals surface area (Å²) in [5, 5.41) is 1.94. The molecule has 0 radical (unpaired) electrons. The summed E-state index contributed by atoms with van der Waals surface area (Å²) in [5.74, 6) is 0. The second-order valence-corrected chi connectivity index (χ2v) is 3.18. The summed E-state index contributed by atoms with van der Waals surface area (Å²) < 4.78 is 13.4. The molecule has 13 heavy (non-hydrogen) atoms. The summed E-state index contributed by atoms with van der Waals surface area (Å²) in [6.07, 6.45) is 0.856. The van der Waals surface area contributed by atoms with Crippen molar-refractivity contribution in [3.63, 3.8) is 0 Å². The summed E-state index contributed by atoms with van der Waals surface area (Å²) in [7, 11) is 0. The maximum Gasteiger partial charge on any atom is 0.309 e. The van der Waals surface area contributed by atoms with Gasteiger partial charge in [-0.25, -0.2) is 9.97 Å². The van der Waals surface area contributed by atoms with Crippen LogP contribution in [0, 0.1) is 13.0 Å². The van der Waals surface area contributed by atoms with Gasteiger partial charge in [0.05, 0.1) is 16.4 Å². The molecule has 0 aliphatic rings. The standard InChI is InChI=1S/C7H5FN2S.C2H6/c1-4-3-11-5-2-9-7(8)10-6(4)5;1-2/h2-3H,1H3;1-2H3. The van der Waals surface area contributed by atoms with Gasteiger partial charge in [-0.1, -0.05) is 13.8 Å². The van der Waals surface area contributed by atoms with E-state index < -0.39 is 6.08 Å². The van der Waals surface area contributed by atoms with Crippen molar-refractivity contribution in [3.8, 4) is 0 Å². The van der Waals surface area contributed by atoms with E-state index in [2.05, 4.69) is 9.97 Å². The minimum absolute atomic E-state index is 0.654. The Bertz CT molecular complexity index is 397.